The molecule has 1 aliphatic rings. The molecule has 1 fully saturated rings. The minimum Gasteiger partial charge on any atom is -0.379 e. The zero-order chi connectivity index (χ0) is 17.6. The fraction of sp³-hybridized carbons (Fsp3) is 0.588. The van der Waals surface area contributed by atoms with E-state index < -0.39 is 9.84 Å². The van der Waals surface area contributed by atoms with Crippen molar-refractivity contribution >= 4 is 39.8 Å². The molecule has 1 aromatic carbocycles. The molecule has 0 unspecified atom stereocenters. The van der Waals surface area contributed by atoms with Crippen molar-refractivity contribution in [3.8, 4) is 0 Å². The third-order valence-corrected chi connectivity index (χ3v) is 5.13. The first-order valence-electron chi connectivity index (χ1n) is 8.18. The number of nitrogens with one attached hydrogen (secondary N) is 1. The molecule has 1 aliphatic carbocycles. The quantitative estimate of drug-likeness (QED) is 0.267. The second-order valence-electron chi connectivity index (χ2n) is 6.26. The first-order chi connectivity index (χ1) is 11.4. The molecule has 0 bridgehead atoms. The number of sulfone groups is 1. The number of likely N-dealkylation sites (N-methyl/N-ethyl adjacent to an activating group) is 1. The topological polar surface area (TPSA) is 71.0 Å². The van der Waals surface area contributed by atoms with Crippen LogP contribution in [0.25, 0.3) is 0 Å². The lowest BCUT2D eigenvalue weighted by molar-refractivity contribution is 0.115. The first-order valence-corrected chi connectivity index (χ1v) is 10.1. The minimum absolute atomic E-state index is 0. The van der Waals surface area contributed by atoms with Crippen LogP contribution in [0.1, 0.15) is 18.4 Å². The van der Waals surface area contributed by atoms with E-state index >= 15 is 0 Å². The molecule has 1 N–H and O–H groups in total. The van der Waals surface area contributed by atoms with E-state index in [2.05, 4.69) is 10.3 Å². The smallest absolute Gasteiger partial charge is 0.193 e. The van der Waals surface area contributed by atoms with Crippen LogP contribution in [0.15, 0.2) is 34.2 Å². The number of halogens is 1. The average molecular weight is 481 g/mol. The van der Waals surface area contributed by atoms with Gasteiger partial charge in [-0.25, -0.2) is 8.42 Å². The van der Waals surface area contributed by atoms with Gasteiger partial charge in [-0.15, -0.1) is 24.0 Å². The SMILES string of the molecule is CN=C(NCc1ccc(S(C)(=O)=O)cc1)N(C)CCOCC1CC1.I. The summed E-state index contributed by atoms with van der Waals surface area (Å²) in [6.07, 6.45) is 3.82. The standard InChI is InChI=1S/C17H27N3O3S.HI/c1-18-17(20(2)10-11-23-13-15-4-5-15)19-12-14-6-8-16(9-7-14)24(3,21)22;/h6-9,15H,4-5,10-13H2,1-3H3,(H,18,19);1H. The van der Waals surface area contributed by atoms with E-state index in [0.29, 0.717) is 18.0 Å². The van der Waals surface area contributed by atoms with Crippen LogP contribution in [0.5, 0.6) is 0 Å². The third-order valence-electron chi connectivity index (χ3n) is 4.00. The van der Waals surface area contributed by atoms with E-state index in [-0.39, 0.29) is 24.0 Å². The van der Waals surface area contributed by atoms with Crippen molar-refractivity contribution in [2.75, 3.05) is 40.1 Å². The lowest BCUT2D eigenvalue weighted by Gasteiger charge is -2.22. The van der Waals surface area contributed by atoms with Gasteiger partial charge in [-0.3, -0.25) is 4.99 Å². The van der Waals surface area contributed by atoms with Crippen molar-refractivity contribution in [3.05, 3.63) is 29.8 Å². The van der Waals surface area contributed by atoms with Gasteiger partial charge in [-0.2, -0.15) is 0 Å². The molecule has 0 atom stereocenters. The predicted molar refractivity (Wildman–Crippen MR) is 111 cm³/mol. The summed E-state index contributed by atoms with van der Waals surface area (Å²) in [7, 11) is 0.572. The summed E-state index contributed by atoms with van der Waals surface area (Å²) in [6.45, 7) is 2.92. The molecule has 0 amide bonds. The lowest BCUT2D eigenvalue weighted by Crippen LogP contribution is -2.40. The Labute approximate surface area is 168 Å². The molecule has 0 radical (unpaired) electrons. The maximum atomic E-state index is 11.5. The molecule has 142 valence electrons. The Balaban J connectivity index is 0.00000312. The Morgan fingerprint density at radius 3 is 2.48 bits per heavy atom. The van der Waals surface area contributed by atoms with Gasteiger partial charge >= 0.3 is 0 Å². The Bertz CT molecular complexity index is 658. The highest BCUT2D eigenvalue weighted by Gasteiger charge is 2.21. The fourth-order valence-corrected chi connectivity index (χ4v) is 2.89. The van der Waals surface area contributed by atoms with Crippen LogP contribution in [0.2, 0.25) is 0 Å². The zero-order valence-corrected chi connectivity index (χ0v) is 18.2. The summed E-state index contributed by atoms with van der Waals surface area (Å²) in [5.41, 5.74) is 1.00. The Kier molecular flexibility index (Phi) is 9.15. The second kappa shape index (κ2) is 10.3. The van der Waals surface area contributed by atoms with E-state index in [1.165, 1.54) is 19.1 Å². The molecule has 0 aromatic heterocycles. The number of benzene rings is 1. The molecular formula is C17H28IN3O3S. The highest BCUT2D eigenvalue weighted by molar-refractivity contribution is 14.0. The van der Waals surface area contributed by atoms with Crippen LogP contribution in [-0.2, 0) is 21.1 Å². The van der Waals surface area contributed by atoms with Crippen molar-refractivity contribution in [2.45, 2.75) is 24.3 Å². The van der Waals surface area contributed by atoms with E-state index in [1.807, 2.05) is 24.1 Å². The first kappa shape index (κ1) is 22.2. The van der Waals surface area contributed by atoms with Gasteiger partial charge in [0.2, 0.25) is 0 Å². The fourth-order valence-electron chi connectivity index (χ4n) is 2.26. The molecule has 25 heavy (non-hydrogen) atoms. The summed E-state index contributed by atoms with van der Waals surface area (Å²) >= 11 is 0. The molecule has 1 aromatic rings. The maximum absolute atomic E-state index is 11.5. The molecule has 0 heterocycles. The molecule has 0 spiro atoms. The van der Waals surface area contributed by atoms with Crippen LogP contribution < -0.4 is 5.32 Å². The predicted octanol–water partition coefficient (Wildman–Crippen LogP) is 2.14. The second-order valence-corrected chi connectivity index (χ2v) is 8.27. The van der Waals surface area contributed by atoms with Gasteiger partial charge in [0.05, 0.1) is 11.5 Å². The van der Waals surface area contributed by atoms with E-state index in [1.54, 1.807) is 19.2 Å². The van der Waals surface area contributed by atoms with Gasteiger partial charge in [0.25, 0.3) is 0 Å². The van der Waals surface area contributed by atoms with Crippen molar-refractivity contribution in [3.63, 3.8) is 0 Å². The maximum Gasteiger partial charge on any atom is 0.193 e. The van der Waals surface area contributed by atoms with Crippen LogP contribution in [0.4, 0.5) is 0 Å². The Morgan fingerprint density at radius 2 is 1.96 bits per heavy atom. The number of hydrogen-bond acceptors (Lipinski definition) is 4. The number of aliphatic imine (C=N–C) groups is 1. The summed E-state index contributed by atoms with van der Waals surface area (Å²) in [4.78, 5) is 6.63. The molecule has 8 heteroatoms. The molecule has 0 saturated heterocycles. The van der Waals surface area contributed by atoms with E-state index in [4.69, 9.17) is 4.74 Å². The normalized spacial score (nSPS) is 14.8. The van der Waals surface area contributed by atoms with Crippen molar-refractivity contribution in [1.29, 1.82) is 0 Å². The summed E-state index contributed by atoms with van der Waals surface area (Å²) in [6, 6.07) is 6.89. The largest absolute Gasteiger partial charge is 0.379 e. The Hall–Kier alpha value is -0.870. The monoisotopic (exact) mass is 481 g/mol. The number of guanidine groups is 1. The minimum atomic E-state index is -3.15. The van der Waals surface area contributed by atoms with E-state index in [0.717, 1.165) is 30.6 Å². The van der Waals surface area contributed by atoms with Crippen LogP contribution in [0.3, 0.4) is 0 Å². The van der Waals surface area contributed by atoms with Crippen LogP contribution in [-0.4, -0.2) is 59.4 Å². The van der Waals surface area contributed by atoms with Crippen molar-refractivity contribution in [1.82, 2.24) is 10.2 Å². The summed E-state index contributed by atoms with van der Waals surface area (Å²) < 4.78 is 28.6. The molecule has 1 saturated carbocycles. The number of hydrogen-bond donors (Lipinski definition) is 1. The highest BCUT2D eigenvalue weighted by atomic mass is 127. The zero-order valence-electron chi connectivity index (χ0n) is 15.1. The number of nitrogens with zero attached hydrogens (tertiary/aromatic N) is 2. The van der Waals surface area contributed by atoms with Gasteiger partial charge in [0, 0.05) is 40.0 Å². The lowest BCUT2D eigenvalue weighted by atomic mass is 10.2. The molecule has 2 rings (SSSR count). The van der Waals surface area contributed by atoms with Gasteiger partial charge in [0.1, 0.15) is 0 Å². The summed E-state index contributed by atoms with van der Waals surface area (Å²) in [5.74, 6) is 1.57. The Morgan fingerprint density at radius 1 is 1.32 bits per heavy atom. The van der Waals surface area contributed by atoms with Crippen LogP contribution >= 0.6 is 24.0 Å². The average Bonchev–Trinajstić information content (AvgIpc) is 3.36. The van der Waals surface area contributed by atoms with Gasteiger partial charge in [-0.05, 0) is 36.5 Å². The highest BCUT2D eigenvalue weighted by Crippen LogP contribution is 2.28. The molecular weight excluding hydrogens is 453 g/mol. The third kappa shape index (κ3) is 7.91. The summed E-state index contributed by atoms with van der Waals surface area (Å²) in [5, 5.41) is 3.28. The van der Waals surface area contributed by atoms with Gasteiger partial charge in [0.15, 0.2) is 15.8 Å². The van der Waals surface area contributed by atoms with Gasteiger partial charge in [-0.1, -0.05) is 12.1 Å². The number of rotatable bonds is 8. The van der Waals surface area contributed by atoms with Crippen molar-refractivity contribution in [2.24, 2.45) is 10.9 Å². The number of ether oxygens (including phenoxy) is 1. The van der Waals surface area contributed by atoms with Crippen molar-refractivity contribution < 1.29 is 13.2 Å². The molecule has 0 aliphatic heterocycles. The van der Waals surface area contributed by atoms with E-state index in [9.17, 15) is 8.42 Å². The molecule has 6 nitrogen and oxygen atoms in total. The van der Waals surface area contributed by atoms with Gasteiger partial charge < -0.3 is 15.0 Å². The van der Waals surface area contributed by atoms with Crippen LogP contribution in [0, 0.1) is 5.92 Å².